The molecule has 0 saturated heterocycles. The van der Waals surface area contributed by atoms with Crippen LogP contribution >= 0.6 is 0 Å². The van der Waals surface area contributed by atoms with Crippen molar-refractivity contribution >= 4 is 11.7 Å². The molecule has 0 amide bonds. The number of aliphatic imine (C=N–C) groups is 2. The van der Waals surface area contributed by atoms with Gasteiger partial charge in [0.15, 0.2) is 0 Å². The second-order valence-corrected chi connectivity index (χ2v) is 3.99. The largest absolute Gasteiger partial charge is 0.218 e. The van der Waals surface area contributed by atoms with Crippen molar-refractivity contribution in [3.05, 3.63) is 35.6 Å². The lowest BCUT2D eigenvalue weighted by atomic mass is 10.1. The summed E-state index contributed by atoms with van der Waals surface area (Å²) in [6, 6.07) is 6.40. The molecule has 0 saturated carbocycles. The summed E-state index contributed by atoms with van der Waals surface area (Å²) in [7, 11) is 0. The minimum Gasteiger partial charge on any atom is -0.218 e. The quantitative estimate of drug-likeness (QED) is 0.755. The summed E-state index contributed by atoms with van der Waals surface area (Å²) in [5.74, 6) is 1.43. The molecule has 1 aromatic rings. The van der Waals surface area contributed by atoms with Gasteiger partial charge in [-0.2, -0.15) is 0 Å². The third kappa shape index (κ3) is 4.89. The Morgan fingerprint density at radius 1 is 1.00 bits per heavy atom. The smallest absolute Gasteiger partial charge is 0.136 e. The molecule has 0 fully saturated rings. The predicted molar refractivity (Wildman–Crippen MR) is 71.2 cm³/mol. The first kappa shape index (κ1) is 13.6. The molecule has 17 heavy (non-hydrogen) atoms. The van der Waals surface area contributed by atoms with Gasteiger partial charge in [-0.05, 0) is 24.6 Å². The zero-order chi connectivity index (χ0) is 12.7. The van der Waals surface area contributed by atoms with Gasteiger partial charge < -0.3 is 0 Å². The van der Waals surface area contributed by atoms with Gasteiger partial charge >= 0.3 is 0 Å². The fraction of sp³-hybridized carbons (Fsp3) is 0.429. The second kappa shape index (κ2) is 6.94. The SMILES string of the molecule is CC1=NC(Cc2ccc(F)cc2)=N1.CCCC. The van der Waals surface area contributed by atoms with Crippen LogP contribution in [0.3, 0.4) is 0 Å². The van der Waals surface area contributed by atoms with Crippen LogP contribution in [0, 0.1) is 5.82 Å². The molecule has 2 rings (SSSR count). The average Bonchev–Trinajstić information content (AvgIpc) is 2.30. The van der Waals surface area contributed by atoms with E-state index < -0.39 is 0 Å². The van der Waals surface area contributed by atoms with E-state index in [2.05, 4.69) is 23.8 Å². The molecule has 0 radical (unpaired) electrons. The molecule has 0 bridgehead atoms. The van der Waals surface area contributed by atoms with E-state index in [1.165, 1.54) is 25.0 Å². The van der Waals surface area contributed by atoms with E-state index in [1.54, 1.807) is 12.1 Å². The van der Waals surface area contributed by atoms with Crippen LogP contribution in [0.2, 0.25) is 0 Å². The topological polar surface area (TPSA) is 24.7 Å². The summed E-state index contributed by atoms with van der Waals surface area (Å²) in [6.45, 7) is 6.22. The number of nitrogens with zero attached hydrogens (tertiary/aromatic N) is 2. The van der Waals surface area contributed by atoms with Gasteiger partial charge in [0, 0.05) is 6.42 Å². The molecule has 0 N–H and O–H groups in total. The molecular weight excluding hydrogens is 215 g/mol. The van der Waals surface area contributed by atoms with Crippen LogP contribution in [0.4, 0.5) is 4.39 Å². The van der Waals surface area contributed by atoms with Crippen molar-refractivity contribution in [1.29, 1.82) is 0 Å². The van der Waals surface area contributed by atoms with Crippen molar-refractivity contribution in [1.82, 2.24) is 0 Å². The molecule has 1 heterocycles. The minimum atomic E-state index is -0.209. The maximum Gasteiger partial charge on any atom is 0.136 e. The summed E-state index contributed by atoms with van der Waals surface area (Å²) in [5, 5.41) is 0. The highest BCUT2D eigenvalue weighted by molar-refractivity contribution is 6.10. The van der Waals surface area contributed by atoms with Gasteiger partial charge in [0.25, 0.3) is 0 Å². The van der Waals surface area contributed by atoms with E-state index in [4.69, 9.17) is 0 Å². The Morgan fingerprint density at radius 2 is 1.53 bits per heavy atom. The van der Waals surface area contributed by atoms with Crippen LogP contribution in [0.5, 0.6) is 0 Å². The van der Waals surface area contributed by atoms with Gasteiger partial charge in [-0.3, -0.25) is 0 Å². The van der Waals surface area contributed by atoms with Crippen LogP contribution in [0.1, 0.15) is 39.2 Å². The molecule has 1 aliphatic rings. The number of hydrogen-bond donors (Lipinski definition) is 0. The standard InChI is InChI=1S/C10H9FN2.C4H10/c1-7-12-10(13-7)6-8-2-4-9(11)5-3-8;1-3-4-2/h2-5H,6H2,1H3;3-4H2,1-2H3. The van der Waals surface area contributed by atoms with Gasteiger partial charge in [0.1, 0.15) is 17.5 Å². The van der Waals surface area contributed by atoms with Crippen molar-refractivity contribution < 1.29 is 4.39 Å². The maximum absolute atomic E-state index is 12.5. The van der Waals surface area contributed by atoms with Crippen LogP contribution in [-0.2, 0) is 6.42 Å². The average molecular weight is 234 g/mol. The molecule has 0 spiro atoms. The molecule has 92 valence electrons. The van der Waals surface area contributed by atoms with E-state index >= 15 is 0 Å². The van der Waals surface area contributed by atoms with Gasteiger partial charge in [-0.25, -0.2) is 14.4 Å². The van der Waals surface area contributed by atoms with Gasteiger partial charge in [0.05, 0.1) is 0 Å². The molecule has 1 aromatic carbocycles. The Morgan fingerprint density at radius 3 is 1.94 bits per heavy atom. The highest BCUT2D eigenvalue weighted by atomic mass is 19.1. The number of halogens is 1. The fourth-order valence-electron chi connectivity index (χ4n) is 1.24. The summed E-state index contributed by atoms with van der Waals surface area (Å²) >= 11 is 0. The molecular formula is C14H19FN2. The Labute approximate surface area is 102 Å². The number of hydrogen-bond acceptors (Lipinski definition) is 2. The first-order chi connectivity index (χ1) is 8.15. The third-order valence-corrected chi connectivity index (χ3v) is 2.36. The highest BCUT2D eigenvalue weighted by Gasteiger charge is 2.08. The van der Waals surface area contributed by atoms with E-state index in [0.717, 1.165) is 17.2 Å². The van der Waals surface area contributed by atoms with E-state index in [1.807, 2.05) is 6.92 Å². The van der Waals surface area contributed by atoms with Crippen molar-refractivity contribution in [2.45, 2.75) is 40.0 Å². The van der Waals surface area contributed by atoms with Gasteiger partial charge in [0.2, 0.25) is 0 Å². The van der Waals surface area contributed by atoms with Crippen molar-refractivity contribution in [2.24, 2.45) is 9.98 Å². The van der Waals surface area contributed by atoms with Crippen LogP contribution in [-0.4, -0.2) is 11.7 Å². The van der Waals surface area contributed by atoms with Crippen LogP contribution < -0.4 is 0 Å². The van der Waals surface area contributed by atoms with Crippen molar-refractivity contribution in [2.75, 3.05) is 0 Å². The number of benzene rings is 1. The highest BCUT2D eigenvalue weighted by Crippen LogP contribution is 2.08. The first-order valence-electron chi connectivity index (χ1n) is 6.03. The van der Waals surface area contributed by atoms with E-state index in [0.29, 0.717) is 6.42 Å². The lowest BCUT2D eigenvalue weighted by molar-refractivity contribution is 0.627. The Balaban J connectivity index is 0.000000317. The molecule has 1 aliphatic heterocycles. The number of amidine groups is 2. The number of unbranched alkanes of at least 4 members (excludes halogenated alkanes) is 1. The second-order valence-electron chi connectivity index (χ2n) is 3.99. The van der Waals surface area contributed by atoms with Crippen molar-refractivity contribution in [3.63, 3.8) is 0 Å². The van der Waals surface area contributed by atoms with Crippen molar-refractivity contribution in [3.8, 4) is 0 Å². The summed E-state index contributed by atoms with van der Waals surface area (Å²) in [6.07, 6.45) is 3.33. The lowest BCUT2D eigenvalue weighted by Gasteiger charge is -2.08. The molecule has 3 heteroatoms. The molecule has 0 aromatic heterocycles. The predicted octanol–water partition coefficient (Wildman–Crippen LogP) is 4.01. The number of rotatable bonds is 3. The van der Waals surface area contributed by atoms with Crippen LogP contribution in [0.15, 0.2) is 34.3 Å². The fourth-order valence-corrected chi connectivity index (χ4v) is 1.24. The normalized spacial score (nSPS) is 12.9. The molecule has 0 unspecified atom stereocenters. The lowest BCUT2D eigenvalue weighted by Crippen LogP contribution is -2.12. The van der Waals surface area contributed by atoms with E-state index in [9.17, 15) is 4.39 Å². The monoisotopic (exact) mass is 234 g/mol. The van der Waals surface area contributed by atoms with Gasteiger partial charge in [-0.1, -0.05) is 38.8 Å². The minimum absolute atomic E-state index is 0.209. The summed E-state index contributed by atoms with van der Waals surface area (Å²) < 4.78 is 12.5. The Hall–Kier alpha value is -1.51. The first-order valence-corrected chi connectivity index (χ1v) is 6.03. The zero-order valence-electron chi connectivity index (χ0n) is 10.7. The molecule has 0 atom stereocenters. The Bertz CT molecular complexity index is 403. The molecule has 0 aliphatic carbocycles. The third-order valence-electron chi connectivity index (χ3n) is 2.36. The van der Waals surface area contributed by atoms with Gasteiger partial charge in [-0.15, -0.1) is 0 Å². The van der Waals surface area contributed by atoms with E-state index in [-0.39, 0.29) is 5.82 Å². The van der Waals surface area contributed by atoms with Crippen LogP contribution in [0.25, 0.3) is 0 Å². The maximum atomic E-state index is 12.5. The molecule has 2 nitrogen and oxygen atoms in total. The summed E-state index contributed by atoms with van der Waals surface area (Å²) in [5.41, 5.74) is 1.04. The summed E-state index contributed by atoms with van der Waals surface area (Å²) in [4.78, 5) is 8.22. The Kier molecular flexibility index (Phi) is 5.53. The zero-order valence-corrected chi connectivity index (χ0v) is 10.7.